The topological polar surface area (TPSA) is 137 Å². The number of carbonyl (C=O) groups is 1. The molecule has 10 nitrogen and oxygen atoms in total. The van der Waals surface area contributed by atoms with Crippen molar-refractivity contribution in [3.05, 3.63) is 53.6 Å². The van der Waals surface area contributed by atoms with E-state index in [9.17, 15) is 26.7 Å². The van der Waals surface area contributed by atoms with Crippen molar-refractivity contribution in [1.82, 2.24) is 34.3 Å². The van der Waals surface area contributed by atoms with E-state index in [2.05, 4.69) is 35.2 Å². The highest BCUT2D eigenvalue weighted by Crippen LogP contribution is 2.57. The first-order valence-electron chi connectivity index (χ1n) is 12.0. The number of imidazole rings is 1. The molecule has 1 fully saturated rings. The first kappa shape index (κ1) is 25.0. The molecular weight excluding hydrogens is 525 g/mol. The highest BCUT2D eigenvalue weighted by molar-refractivity contribution is 6.09. The monoisotopic (exact) mass is 545 g/mol. The number of halogens is 5. The summed E-state index contributed by atoms with van der Waals surface area (Å²) in [5, 5.41) is 2.78. The zero-order valence-corrected chi connectivity index (χ0v) is 20.3. The lowest BCUT2D eigenvalue weighted by atomic mass is 9.74. The van der Waals surface area contributed by atoms with Gasteiger partial charge < -0.3 is 15.5 Å². The zero-order valence-electron chi connectivity index (χ0n) is 20.3. The highest BCUT2D eigenvalue weighted by atomic mass is 19.4. The van der Waals surface area contributed by atoms with E-state index >= 15 is 0 Å². The number of hydrogen-bond acceptors (Lipinski definition) is 8. The van der Waals surface area contributed by atoms with Gasteiger partial charge in [0.2, 0.25) is 5.91 Å². The van der Waals surface area contributed by atoms with Crippen LogP contribution in [-0.2, 0) is 16.6 Å². The molecule has 1 atom stereocenters. The smallest absolute Gasteiger partial charge is 0.383 e. The summed E-state index contributed by atoms with van der Waals surface area (Å²) in [5.74, 6) is -5.28. The Balaban J connectivity index is 1.44. The summed E-state index contributed by atoms with van der Waals surface area (Å²) in [4.78, 5) is 39.4. The van der Waals surface area contributed by atoms with Crippen LogP contribution in [0, 0.1) is 12.8 Å². The molecule has 0 aromatic carbocycles. The van der Waals surface area contributed by atoms with Gasteiger partial charge in [0, 0.05) is 37.4 Å². The van der Waals surface area contributed by atoms with Gasteiger partial charge in [-0.2, -0.15) is 22.0 Å². The summed E-state index contributed by atoms with van der Waals surface area (Å²) in [6, 6.07) is 0. The molecule has 5 heterocycles. The molecule has 1 saturated carbocycles. The molecule has 0 saturated heterocycles. The van der Waals surface area contributed by atoms with Crippen LogP contribution in [-0.4, -0.2) is 52.3 Å². The lowest BCUT2D eigenvalue weighted by molar-refractivity contribution is -0.284. The normalized spacial score (nSPS) is 19.4. The maximum Gasteiger partial charge on any atom is 0.453 e. The lowest BCUT2D eigenvalue weighted by Gasteiger charge is -2.27. The molecule has 0 radical (unpaired) electrons. The summed E-state index contributed by atoms with van der Waals surface area (Å²) in [6.07, 6.45) is 0.980. The molecule has 1 amide bonds. The Morgan fingerprint density at radius 1 is 1.13 bits per heavy atom. The molecule has 3 N–H and O–H groups in total. The predicted molar refractivity (Wildman–Crippen MR) is 127 cm³/mol. The number of amides is 1. The first-order chi connectivity index (χ1) is 18.4. The van der Waals surface area contributed by atoms with E-state index in [0.717, 1.165) is 12.8 Å². The molecule has 0 spiro atoms. The second-order valence-electron chi connectivity index (χ2n) is 9.67. The fourth-order valence-electron chi connectivity index (χ4n) is 5.09. The van der Waals surface area contributed by atoms with E-state index in [1.54, 1.807) is 13.1 Å². The van der Waals surface area contributed by atoms with Crippen molar-refractivity contribution >= 4 is 23.2 Å². The van der Waals surface area contributed by atoms with Crippen molar-refractivity contribution in [2.24, 2.45) is 5.92 Å². The summed E-state index contributed by atoms with van der Waals surface area (Å²) in [7, 11) is 0. The second kappa shape index (κ2) is 8.35. The molecule has 1 aliphatic heterocycles. The van der Waals surface area contributed by atoms with Crippen molar-refractivity contribution in [3.8, 4) is 11.5 Å². The van der Waals surface area contributed by atoms with Gasteiger partial charge in [0.1, 0.15) is 22.7 Å². The SMILES string of the molecule is Cc1cncc(C2(C3CC3)C(=O)Nc3nc(-c4cn5ccnc5c(CCC(F)(F)C(F)(F)F)n4)nc(N)c32)n1. The van der Waals surface area contributed by atoms with Crippen molar-refractivity contribution in [2.75, 3.05) is 11.1 Å². The van der Waals surface area contributed by atoms with E-state index in [0.29, 0.717) is 17.0 Å². The molecule has 1 unspecified atom stereocenters. The molecular formula is C24H20F5N9O. The number of nitrogens with zero attached hydrogens (tertiary/aromatic N) is 7. The average molecular weight is 545 g/mol. The van der Waals surface area contributed by atoms with Crippen LogP contribution in [0.15, 0.2) is 31.0 Å². The average Bonchev–Trinajstić information content (AvgIpc) is 3.51. The number of fused-ring (bicyclic) bond motifs is 2. The maximum absolute atomic E-state index is 13.6. The molecule has 6 rings (SSSR count). The van der Waals surface area contributed by atoms with Crippen LogP contribution in [0.3, 0.4) is 0 Å². The third kappa shape index (κ3) is 3.86. The van der Waals surface area contributed by atoms with Crippen LogP contribution in [0.1, 0.15) is 41.9 Å². The molecule has 39 heavy (non-hydrogen) atoms. The van der Waals surface area contributed by atoms with Gasteiger partial charge in [-0.3, -0.25) is 14.8 Å². The quantitative estimate of drug-likeness (QED) is 0.351. The van der Waals surface area contributed by atoms with E-state index in [1.165, 1.54) is 29.2 Å². The molecule has 1 aliphatic carbocycles. The van der Waals surface area contributed by atoms with E-state index in [-0.39, 0.29) is 46.3 Å². The molecule has 2 aliphatic rings. The minimum Gasteiger partial charge on any atom is -0.383 e. The van der Waals surface area contributed by atoms with Crippen LogP contribution in [0.25, 0.3) is 17.2 Å². The number of alkyl halides is 5. The minimum absolute atomic E-state index is 0.0127. The van der Waals surface area contributed by atoms with Gasteiger partial charge in [-0.15, -0.1) is 0 Å². The summed E-state index contributed by atoms with van der Waals surface area (Å²) >= 11 is 0. The Kier molecular flexibility index (Phi) is 5.35. The number of nitrogens with one attached hydrogen (secondary N) is 1. The number of nitrogen functional groups attached to an aromatic ring is 1. The predicted octanol–water partition coefficient (Wildman–Crippen LogP) is 3.65. The molecule has 4 aromatic rings. The van der Waals surface area contributed by atoms with E-state index < -0.39 is 30.4 Å². The van der Waals surface area contributed by atoms with Crippen LogP contribution < -0.4 is 11.1 Å². The molecule has 202 valence electrons. The Morgan fingerprint density at radius 3 is 2.59 bits per heavy atom. The third-order valence-corrected chi connectivity index (χ3v) is 7.03. The number of nitrogens with two attached hydrogens (primary N) is 1. The van der Waals surface area contributed by atoms with Gasteiger partial charge >= 0.3 is 12.1 Å². The zero-order chi connectivity index (χ0) is 27.7. The largest absolute Gasteiger partial charge is 0.453 e. The number of hydrogen-bond donors (Lipinski definition) is 2. The number of aryl methyl sites for hydroxylation is 2. The number of rotatable bonds is 6. The number of anilines is 2. The van der Waals surface area contributed by atoms with Gasteiger partial charge in [-0.05, 0) is 32.1 Å². The molecule has 15 heteroatoms. The second-order valence-corrected chi connectivity index (χ2v) is 9.67. The van der Waals surface area contributed by atoms with Gasteiger partial charge in [-0.1, -0.05) is 0 Å². The van der Waals surface area contributed by atoms with Crippen molar-refractivity contribution in [3.63, 3.8) is 0 Å². The molecule has 4 aromatic heterocycles. The third-order valence-electron chi connectivity index (χ3n) is 7.03. The van der Waals surface area contributed by atoms with Gasteiger partial charge in [0.15, 0.2) is 11.5 Å². The lowest BCUT2D eigenvalue weighted by Crippen LogP contribution is -2.39. The fraction of sp³-hybridized carbons (Fsp3) is 0.375. The number of carbonyl (C=O) groups excluding carboxylic acids is 1. The van der Waals surface area contributed by atoms with Crippen LogP contribution in [0.5, 0.6) is 0 Å². The Morgan fingerprint density at radius 2 is 1.90 bits per heavy atom. The van der Waals surface area contributed by atoms with Crippen LogP contribution >= 0.6 is 0 Å². The Labute approximate surface area is 216 Å². The van der Waals surface area contributed by atoms with Gasteiger partial charge in [0.25, 0.3) is 0 Å². The number of aromatic nitrogens is 7. The Hall–Kier alpha value is -4.30. The van der Waals surface area contributed by atoms with E-state index in [4.69, 9.17) is 5.73 Å². The minimum atomic E-state index is -5.69. The fourth-order valence-corrected chi connectivity index (χ4v) is 5.09. The summed E-state index contributed by atoms with van der Waals surface area (Å²) in [6.45, 7) is 1.76. The van der Waals surface area contributed by atoms with Crippen LogP contribution in [0.2, 0.25) is 0 Å². The Bertz CT molecular complexity index is 1630. The highest BCUT2D eigenvalue weighted by Gasteiger charge is 2.61. The standard InChI is InChI=1S/C24H20F5N9O/c1-11-8-31-9-15(33-11)23(12-2-3-12)16-17(30)35-18(36-19(16)37-21(23)39)14-10-38-7-6-32-20(38)13(34-14)4-5-22(25,26)24(27,28)29/h6-10,12H,2-5H2,1H3,(H3,30,35,36,37,39). The maximum atomic E-state index is 13.6. The van der Waals surface area contributed by atoms with Crippen molar-refractivity contribution < 1.29 is 26.7 Å². The van der Waals surface area contributed by atoms with E-state index in [1.807, 2.05) is 0 Å². The van der Waals surface area contributed by atoms with Crippen molar-refractivity contribution in [1.29, 1.82) is 0 Å². The van der Waals surface area contributed by atoms with Gasteiger partial charge in [0.05, 0.1) is 22.6 Å². The summed E-state index contributed by atoms with van der Waals surface area (Å²) < 4.78 is 66.9. The first-order valence-corrected chi connectivity index (χ1v) is 12.0. The van der Waals surface area contributed by atoms with Crippen molar-refractivity contribution in [2.45, 2.75) is 50.1 Å². The summed E-state index contributed by atoms with van der Waals surface area (Å²) in [5.41, 5.74) is 6.67. The molecule has 0 bridgehead atoms. The van der Waals surface area contributed by atoms with Gasteiger partial charge in [-0.25, -0.2) is 19.9 Å². The van der Waals surface area contributed by atoms with Crippen LogP contribution in [0.4, 0.5) is 33.6 Å².